The van der Waals surface area contributed by atoms with Crippen molar-refractivity contribution in [3.05, 3.63) is 48.0 Å². The van der Waals surface area contributed by atoms with Gasteiger partial charge in [-0.05, 0) is 55.6 Å². The molecule has 34 heavy (non-hydrogen) atoms. The summed E-state index contributed by atoms with van der Waals surface area (Å²) >= 11 is 0. The van der Waals surface area contributed by atoms with Gasteiger partial charge in [0.25, 0.3) is 0 Å². The first-order valence-electron chi connectivity index (χ1n) is 12.0. The molecule has 1 aromatic carbocycles. The number of carbonyl (C=O) groups is 1. The molecule has 2 aliphatic rings. The van der Waals surface area contributed by atoms with Gasteiger partial charge in [0, 0.05) is 55.8 Å². The summed E-state index contributed by atoms with van der Waals surface area (Å²) in [5, 5.41) is 4.00. The number of benzene rings is 1. The van der Waals surface area contributed by atoms with Crippen LogP contribution < -0.4 is 19.7 Å². The zero-order valence-electron chi connectivity index (χ0n) is 19.6. The quantitative estimate of drug-likeness (QED) is 0.514. The number of anilines is 2. The Morgan fingerprint density at radius 3 is 2.65 bits per heavy atom. The Balaban J connectivity index is 1.06. The predicted octanol–water partition coefficient (Wildman–Crippen LogP) is 3.50. The number of rotatable bonds is 8. The van der Waals surface area contributed by atoms with Gasteiger partial charge in [-0.1, -0.05) is 6.07 Å². The van der Waals surface area contributed by atoms with E-state index >= 15 is 0 Å². The number of pyridine rings is 2. The van der Waals surface area contributed by atoms with Crippen molar-refractivity contribution in [3.8, 4) is 11.8 Å². The molecule has 8 nitrogen and oxygen atoms in total. The Morgan fingerprint density at radius 1 is 0.941 bits per heavy atom. The number of methoxy groups -OCH3 is 1. The van der Waals surface area contributed by atoms with Crippen molar-refractivity contribution in [1.29, 1.82) is 0 Å². The largest absolute Gasteiger partial charge is 0.481 e. The van der Waals surface area contributed by atoms with Crippen molar-refractivity contribution >= 4 is 28.3 Å². The minimum absolute atomic E-state index is 0.0228. The molecule has 5 rings (SSSR count). The molecular formula is C26H31N5O3. The highest BCUT2D eigenvalue weighted by Gasteiger charge is 2.19. The lowest BCUT2D eigenvalue weighted by atomic mass is 10.1. The number of nitrogens with one attached hydrogen (secondary N) is 1. The molecule has 1 N–H and O–H groups in total. The summed E-state index contributed by atoms with van der Waals surface area (Å²) < 4.78 is 11.1. The molecule has 178 valence electrons. The minimum Gasteiger partial charge on any atom is -0.481 e. The monoisotopic (exact) mass is 461 g/mol. The van der Waals surface area contributed by atoms with E-state index in [9.17, 15) is 4.79 Å². The minimum atomic E-state index is 0.0228. The predicted molar refractivity (Wildman–Crippen MR) is 133 cm³/mol. The van der Waals surface area contributed by atoms with Crippen LogP contribution in [0.25, 0.3) is 10.9 Å². The summed E-state index contributed by atoms with van der Waals surface area (Å²) in [7, 11) is 1.65. The maximum atomic E-state index is 11.6. The molecule has 0 bridgehead atoms. The number of amides is 1. The number of aromatic nitrogens is 2. The number of hydrogen-bond donors (Lipinski definition) is 1. The highest BCUT2D eigenvalue weighted by atomic mass is 16.5. The molecule has 1 amide bonds. The van der Waals surface area contributed by atoms with E-state index < -0.39 is 0 Å². The van der Waals surface area contributed by atoms with Gasteiger partial charge in [-0.3, -0.25) is 9.69 Å². The summed E-state index contributed by atoms with van der Waals surface area (Å²) in [5.74, 6) is 1.90. The van der Waals surface area contributed by atoms with Crippen LogP contribution in [-0.4, -0.2) is 67.2 Å². The Bertz CT molecular complexity index is 1160. The van der Waals surface area contributed by atoms with Crippen molar-refractivity contribution in [1.82, 2.24) is 14.9 Å². The zero-order valence-corrected chi connectivity index (χ0v) is 19.6. The maximum Gasteiger partial charge on any atom is 0.225 e. The van der Waals surface area contributed by atoms with E-state index in [2.05, 4.69) is 43.3 Å². The molecule has 0 spiro atoms. The van der Waals surface area contributed by atoms with Crippen LogP contribution >= 0.6 is 0 Å². The van der Waals surface area contributed by atoms with Crippen molar-refractivity contribution in [3.63, 3.8) is 0 Å². The number of unbranched alkanes of at least 4 members (excludes halogenated alkanes) is 1. The lowest BCUT2D eigenvalue weighted by molar-refractivity contribution is -0.116. The number of hydrogen-bond acceptors (Lipinski definition) is 7. The van der Waals surface area contributed by atoms with Crippen LogP contribution in [0.5, 0.6) is 11.8 Å². The van der Waals surface area contributed by atoms with Gasteiger partial charge >= 0.3 is 0 Å². The van der Waals surface area contributed by atoms with Crippen LogP contribution in [0.2, 0.25) is 0 Å². The van der Waals surface area contributed by atoms with Crippen LogP contribution in [0.3, 0.4) is 0 Å². The van der Waals surface area contributed by atoms with Crippen LogP contribution in [-0.2, 0) is 11.2 Å². The summed E-state index contributed by atoms with van der Waals surface area (Å²) in [6.07, 6.45) is 3.33. The number of carbonyl (C=O) groups excluding carboxylic acids is 1. The smallest absolute Gasteiger partial charge is 0.225 e. The first-order valence-corrected chi connectivity index (χ1v) is 12.0. The lowest BCUT2D eigenvalue weighted by Gasteiger charge is -2.36. The average Bonchev–Trinajstić information content (AvgIpc) is 2.88. The molecule has 4 heterocycles. The van der Waals surface area contributed by atoms with Gasteiger partial charge in [-0.25, -0.2) is 4.98 Å². The Kier molecular flexibility index (Phi) is 6.76. The van der Waals surface area contributed by atoms with Gasteiger partial charge < -0.3 is 19.7 Å². The summed E-state index contributed by atoms with van der Waals surface area (Å²) in [4.78, 5) is 25.6. The second kappa shape index (κ2) is 10.3. The first-order chi connectivity index (χ1) is 16.7. The van der Waals surface area contributed by atoms with Gasteiger partial charge in [0.15, 0.2) is 0 Å². The molecule has 2 aromatic heterocycles. The number of aryl methyl sites for hydroxylation is 1. The van der Waals surface area contributed by atoms with Crippen molar-refractivity contribution in [2.24, 2.45) is 0 Å². The molecule has 8 heteroatoms. The van der Waals surface area contributed by atoms with E-state index in [4.69, 9.17) is 9.47 Å². The van der Waals surface area contributed by atoms with Crippen LogP contribution in [0.15, 0.2) is 42.5 Å². The van der Waals surface area contributed by atoms with E-state index in [0.717, 1.165) is 63.1 Å². The fourth-order valence-corrected chi connectivity index (χ4v) is 4.64. The number of piperazine rings is 1. The van der Waals surface area contributed by atoms with Crippen molar-refractivity contribution < 1.29 is 14.3 Å². The average molecular weight is 462 g/mol. The SMILES string of the molecule is COc1ccc2c(N3CCN(CCCCOc4ccc5c(n4)NC(=O)CC5)CC3)cccc2n1. The molecule has 1 fully saturated rings. The number of fused-ring (bicyclic) bond motifs is 2. The van der Waals surface area contributed by atoms with E-state index in [1.165, 1.54) is 11.1 Å². The molecule has 0 atom stereocenters. The fraction of sp³-hybridized carbons (Fsp3) is 0.423. The maximum absolute atomic E-state index is 11.6. The first kappa shape index (κ1) is 22.4. The molecule has 0 radical (unpaired) electrons. The normalized spacial score (nSPS) is 16.3. The van der Waals surface area contributed by atoms with Gasteiger partial charge in [-0.2, -0.15) is 4.98 Å². The molecule has 0 saturated carbocycles. The second-order valence-electron chi connectivity index (χ2n) is 8.79. The molecule has 0 unspecified atom stereocenters. The topological polar surface area (TPSA) is 79.8 Å². The highest BCUT2D eigenvalue weighted by molar-refractivity contribution is 5.93. The van der Waals surface area contributed by atoms with Gasteiger partial charge in [0.1, 0.15) is 5.82 Å². The Labute approximate surface area is 199 Å². The van der Waals surface area contributed by atoms with Crippen LogP contribution in [0, 0.1) is 0 Å². The van der Waals surface area contributed by atoms with E-state index in [0.29, 0.717) is 30.6 Å². The zero-order chi connectivity index (χ0) is 23.3. The summed E-state index contributed by atoms with van der Waals surface area (Å²) in [6, 6.07) is 14.2. The van der Waals surface area contributed by atoms with Crippen molar-refractivity contribution in [2.75, 3.05) is 56.7 Å². The molecule has 2 aliphatic heterocycles. The van der Waals surface area contributed by atoms with Crippen molar-refractivity contribution in [2.45, 2.75) is 25.7 Å². The molecule has 1 saturated heterocycles. The van der Waals surface area contributed by atoms with Gasteiger partial charge in [-0.15, -0.1) is 0 Å². The second-order valence-corrected chi connectivity index (χ2v) is 8.79. The summed E-state index contributed by atoms with van der Waals surface area (Å²) in [6.45, 7) is 5.81. The third-order valence-electron chi connectivity index (χ3n) is 6.56. The molecule has 3 aromatic rings. The molecular weight excluding hydrogens is 430 g/mol. The van der Waals surface area contributed by atoms with Gasteiger partial charge in [0.2, 0.25) is 17.7 Å². The third kappa shape index (κ3) is 5.07. The number of ether oxygens (including phenoxy) is 2. The fourth-order valence-electron chi connectivity index (χ4n) is 4.64. The van der Waals surface area contributed by atoms with Gasteiger partial charge in [0.05, 0.1) is 19.2 Å². The Hall–Kier alpha value is -3.39. The highest BCUT2D eigenvalue weighted by Crippen LogP contribution is 2.28. The van der Waals surface area contributed by atoms with E-state index in [1.54, 1.807) is 7.11 Å². The lowest BCUT2D eigenvalue weighted by Crippen LogP contribution is -2.46. The Morgan fingerprint density at radius 2 is 1.79 bits per heavy atom. The summed E-state index contributed by atoms with van der Waals surface area (Å²) in [5.41, 5.74) is 3.29. The third-order valence-corrected chi connectivity index (χ3v) is 6.56. The number of nitrogens with zero attached hydrogens (tertiary/aromatic N) is 4. The van der Waals surface area contributed by atoms with Crippen LogP contribution in [0.4, 0.5) is 11.5 Å². The van der Waals surface area contributed by atoms with Crippen LogP contribution in [0.1, 0.15) is 24.8 Å². The standard InChI is InChI=1S/C26H31N5O3/c1-33-24-12-9-20-21(27-24)5-4-6-22(20)31-16-14-30(15-17-31)13-2-3-18-34-25-11-8-19-7-10-23(32)28-26(19)29-25/h4-6,8-9,11-12H,2-3,7,10,13-18H2,1H3,(H,28,29,32). The molecule has 0 aliphatic carbocycles. The van der Waals surface area contributed by atoms with E-state index in [1.807, 2.05) is 24.3 Å². The van der Waals surface area contributed by atoms with E-state index in [-0.39, 0.29) is 5.91 Å².